The molecule has 0 aliphatic heterocycles. The number of Topliss-reactive ketones (excluding diaryl/α,β-unsaturated/α-hetero) is 1. The maximum absolute atomic E-state index is 13.3. The number of nitrogens with one attached hydrogen (secondary N) is 1. The molecule has 0 spiro atoms. The van der Waals surface area contributed by atoms with Gasteiger partial charge in [-0.15, -0.1) is 0 Å². The Kier molecular flexibility index (Phi) is 7.39. The second kappa shape index (κ2) is 11.2. The van der Waals surface area contributed by atoms with Gasteiger partial charge in [0, 0.05) is 23.3 Å². The van der Waals surface area contributed by atoms with E-state index in [-0.39, 0.29) is 11.4 Å². The van der Waals surface area contributed by atoms with Crippen LogP contribution in [0.5, 0.6) is 5.75 Å². The molecule has 0 aliphatic carbocycles. The van der Waals surface area contributed by atoms with Crippen molar-refractivity contribution in [3.8, 4) is 39.9 Å². The number of hydrogen-bond acceptors (Lipinski definition) is 7. The molecular formula is C30H23N4O4S+. The van der Waals surface area contributed by atoms with Gasteiger partial charge in [-0.2, -0.15) is 5.26 Å². The Labute approximate surface area is 228 Å². The molecule has 0 fully saturated rings. The molecule has 2 aromatic heterocycles. The van der Waals surface area contributed by atoms with Gasteiger partial charge in [0.1, 0.15) is 16.8 Å². The molecular weight excluding hydrogens is 512 g/mol. The van der Waals surface area contributed by atoms with Crippen molar-refractivity contribution in [3.63, 3.8) is 0 Å². The zero-order valence-electron chi connectivity index (χ0n) is 21.2. The number of thioether (sulfide) groups is 1. The Morgan fingerprint density at radius 1 is 1.05 bits per heavy atom. The molecule has 0 amide bonds. The van der Waals surface area contributed by atoms with Crippen LogP contribution >= 0.6 is 11.8 Å². The van der Waals surface area contributed by atoms with Gasteiger partial charge in [0.05, 0.1) is 24.1 Å². The number of hydrogen-bond donors (Lipinski definition) is 1. The maximum Gasteiger partial charge on any atom is 0.438 e. The van der Waals surface area contributed by atoms with Crippen molar-refractivity contribution in [2.24, 2.45) is 0 Å². The highest BCUT2D eigenvalue weighted by atomic mass is 32.2. The molecule has 0 radical (unpaired) electrons. The number of aromatic nitrogens is 3. The van der Waals surface area contributed by atoms with E-state index in [0.29, 0.717) is 33.3 Å². The fourth-order valence-electron chi connectivity index (χ4n) is 4.08. The van der Waals surface area contributed by atoms with Crippen LogP contribution in [0.4, 0.5) is 0 Å². The Bertz CT molecular complexity index is 1740. The Morgan fingerprint density at radius 2 is 1.74 bits per heavy atom. The predicted octanol–water partition coefficient (Wildman–Crippen LogP) is 5.14. The molecule has 5 rings (SSSR count). The largest absolute Gasteiger partial charge is 0.497 e. The monoisotopic (exact) mass is 535 g/mol. The summed E-state index contributed by atoms with van der Waals surface area (Å²) in [6, 6.07) is 28.4. The SMILES string of the molecule is COc1ccc(-c2cc(-c3ccc(C)cc3)c(C#N)c(SCC(=O)c3c(=O)o[nH][n+]3-c3ccccc3)n2)cc1. The molecule has 39 heavy (non-hydrogen) atoms. The van der Waals surface area contributed by atoms with Gasteiger partial charge in [-0.3, -0.25) is 9.32 Å². The van der Waals surface area contributed by atoms with Gasteiger partial charge in [0.15, 0.2) is 0 Å². The number of nitrogens with zero attached hydrogens (tertiary/aromatic N) is 3. The lowest BCUT2D eigenvalue weighted by Crippen LogP contribution is -2.41. The van der Waals surface area contributed by atoms with Crippen LogP contribution in [-0.2, 0) is 0 Å². The number of ether oxygens (including phenoxy) is 1. The normalized spacial score (nSPS) is 10.7. The molecule has 0 saturated heterocycles. The van der Waals surface area contributed by atoms with Gasteiger partial charge in [-0.05, 0) is 52.8 Å². The third kappa shape index (κ3) is 5.37. The Hall–Kier alpha value is -4.94. The van der Waals surface area contributed by atoms with E-state index in [1.807, 2.05) is 67.6 Å². The number of nitriles is 1. The van der Waals surface area contributed by atoms with Gasteiger partial charge >= 0.3 is 11.3 Å². The number of methoxy groups -OCH3 is 1. The number of carbonyl (C=O) groups is 1. The minimum Gasteiger partial charge on any atom is -0.497 e. The van der Waals surface area contributed by atoms with E-state index in [0.717, 1.165) is 28.5 Å². The number of carbonyl (C=O) groups excluding carboxylic acids is 1. The van der Waals surface area contributed by atoms with Gasteiger partial charge in [0.2, 0.25) is 11.5 Å². The van der Waals surface area contributed by atoms with Crippen LogP contribution in [0.25, 0.3) is 28.1 Å². The third-order valence-electron chi connectivity index (χ3n) is 6.11. The minimum absolute atomic E-state index is 0.128. The van der Waals surface area contributed by atoms with Gasteiger partial charge < -0.3 is 4.74 Å². The van der Waals surface area contributed by atoms with Crippen molar-refractivity contribution in [1.29, 1.82) is 5.26 Å². The molecule has 3 aromatic carbocycles. The summed E-state index contributed by atoms with van der Waals surface area (Å²) in [6.45, 7) is 2.00. The number of rotatable bonds is 8. The molecule has 2 heterocycles. The number of ketones is 1. The van der Waals surface area contributed by atoms with Crippen molar-refractivity contribution in [3.05, 3.63) is 112 Å². The number of H-pyrrole nitrogens is 1. The average molecular weight is 536 g/mol. The summed E-state index contributed by atoms with van der Waals surface area (Å²) >= 11 is 1.10. The standard InChI is InChI=1S/C30H22N4O4S/c1-19-8-10-20(11-9-19)24-16-26(21-12-14-23(37-2)15-13-21)32-29(25(24)17-31)39-18-27(35)28-30(36)38-33-34(28)22-6-4-3-5-7-22/h3-16H,18H2,1-2H3/p+1. The molecule has 192 valence electrons. The Balaban J connectivity index is 1.54. The minimum atomic E-state index is -0.773. The first-order chi connectivity index (χ1) is 19.0. The van der Waals surface area contributed by atoms with E-state index in [2.05, 4.69) is 11.3 Å². The Morgan fingerprint density at radius 3 is 2.41 bits per heavy atom. The summed E-state index contributed by atoms with van der Waals surface area (Å²) in [7, 11) is 1.60. The lowest BCUT2D eigenvalue weighted by Gasteiger charge is -2.13. The van der Waals surface area contributed by atoms with Gasteiger partial charge in [-0.25, -0.2) is 9.78 Å². The molecule has 0 bridgehead atoms. The summed E-state index contributed by atoms with van der Waals surface area (Å²) in [6.07, 6.45) is 0. The quantitative estimate of drug-likeness (QED) is 0.166. The van der Waals surface area contributed by atoms with Crippen LogP contribution in [-0.4, -0.2) is 28.9 Å². The van der Waals surface area contributed by atoms with Gasteiger partial charge in [-0.1, -0.05) is 59.8 Å². The van der Waals surface area contributed by atoms with Crippen molar-refractivity contribution in [1.82, 2.24) is 10.3 Å². The zero-order valence-corrected chi connectivity index (χ0v) is 22.0. The van der Waals surface area contributed by atoms with Crippen LogP contribution in [0.1, 0.15) is 21.6 Å². The zero-order chi connectivity index (χ0) is 27.4. The molecule has 0 atom stereocenters. The highest BCUT2D eigenvalue weighted by Crippen LogP contribution is 2.35. The van der Waals surface area contributed by atoms with Crippen molar-refractivity contribution >= 4 is 17.5 Å². The number of pyridine rings is 1. The van der Waals surface area contributed by atoms with E-state index in [4.69, 9.17) is 14.2 Å². The number of aromatic amines is 1. The van der Waals surface area contributed by atoms with E-state index in [1.165, 1.54) is 4.68 Å². The van der Waals surface area contributed by atoms with Crippen molar-refractivity contribution < 1.29 is 18.7 Å². The van der Waals surface area contributed by atoms with Crippen molar-refractivity contribution in [2.75, 3.05) is 12.9 Å². The van der Waals surface area contributed by atoms with Crippen LogP contribution < -0.4 is 15.0 Å². The van der Waals surface area contributed by atoms with E-state index in [9.17, 15) is 14.9 Å². The first-order valence-corrected chi connectivity index (χ1v) is 13.0. The number of benzene rings is 3. The molecule has 0 aliphatic rings. The second-order valence-electron chi connectivity index (χ2n) is 8.65. The van der Waals surface area contributed by atoms with Crippen LogP contribution in [0.15, 0.2) is 99.3 Å². The summed E-state index contributed by atoms with van der Waals surface area (Å²) in [5.41, 5.74) is 4.14. The van der Waals surface area contributed by atoms with Crippen LogP contribution in [0, 0.1) is 18.3 Å². The third-order valence-corrected chi connectivity index (χ3v) is 7.09. The molecule has 9 heteroatoms. The summed E-state index contributed by atoms with van der Waals surface area (Å²) in [4.78, 5) is 30.4. The molecule has 0 saturated carbocycles. The highest BCUT2D eigenvalue weighted by molar-refractivity contribution is 8.00. The fraction of sp³-hybridized carbons (Fsp3) is 0.100. The van der Waals surface area contributed by atoms with E-state index < -0.39 is 11.4 Å². The lowest BCUT2D eigenvalue weighted by molar-refractivity contribution is -0.672. The second-order valence-corrected chi connectivity index (χ2v) is 9.62. The van der Waals surface area contributed by atoms with Gasteiger partial charge in [0.25, 0.3) is 0 Å². The number of aryl methyl sites for hydroxylation is 1. The lowest BCUT2D eigenvalue weighted by atomic mass is 9.98. The highest BCUT2D eigenvalue weighted by Gasteiger charge is 2.31. The summed E-state index contributed by atoms with van der Waals surface area (Å²) in [5, 5.41) is 13.0. The first-order valence-electron chi connectivity index (χ1n) is 12.0. The maximum atomic E-state index is 13.3. The van der Waals surface area contributed by atoms with Crippen LogP contribution in [0.2, 0.25) is 0 Å². The molecule has 1 N–H and O–H groups in total. The predicted molar refractivity (Wildman–Crippen MR) is 147 cm³/mol. The van der Waals surface area contributed by atoms with E-state index >= 15 is 0 Å². The number of para-hydroxylation sites is 1. The summed E-state index contributed by atoms with van der Waals surface area (Å²) < 4.78 is 11.5. The van der Waals surface area contributed by atoms with E-state index in [1.54, 1.807) is 31.4 Å². The first kappa shape index (κ1) is 25.7. The molecule has 8 nitrogen and oxygen atoms in total. The topological polar surface area (TPSA) is 113 Å². The fourth-order valence-corrected chi connectivity index (χ4v) is 4.94. The van der Waals surface area contributed by atoms with Crippen molar-refractivity contribution in [2.45, 2.75) is 11.9 Å². The smallest absolute Gasteiger partial charge is 0.438 e. The average Bonchev–Trinajstić information content (AvgIpc) is 3.37. The molecule has 0 unspecified atom stereocenters. The molecule has 5 aromatic rings. The van der Waals surface area contributed by atoms with Crippen LogP contribution in [0.3, 0.4) is 0 Å². The summed E-state index contributed by atoms with van der Waals surface area (Å²) in [5.74, 6) is 0.121.